The molecule has 1 unspecified atom stereocenters. The smallest absolute Gasteiger partial charge is 0.263 e. The lowest BCUT2D eigenvalue weighted by atomic mass is 10.1. The van der Waals surface area contributed by atoms with Crippen molar-refractivity contribution < 1.29 is 9.53 Å². The minimum atomic E-state index is -0.498. The third kappa shape index (κ3) is 4.56. The Morgan fingerprint density at radius 2 is 1.78 bits per heavy atom. The Labute approximate surface area is 166 Å². The van der Waals surface area contributed by atoms with E-state index in [1.807, 2.05) is 49.9 Å². The lowest BCUT2D eigenvalue weighted by Gasteiger charge is -2.37. The van der Waals surface area contributed by atoms with Gasteiger partial charge in [0.15, 0.2) is 6.10 Å². The molecule has 0 radical (unpaired) electrons. The summed E-state index contributed by atoms with van der Waals surface area (Å²) >= 11 is 6.09. The van der Waals surface area contributed by atoms with Crippen LogP contribution in [0.15, 0.2) is 36.4 Å². The molecule has 1 atom stereocenters. The van der Waals surface area contributed by atoms with Gasteiger partial charge in [-0.1, -0.05) is 23.7 Å². The first kappa shape index (κ1) is 19.6. The van der Waals surface area contributed by atoms with Crippen molar-refractivity contribution in [2.75, 3.05) is 31.1 Å². The van der Waals surface area contributed by atoms with Gasteiger partial charge in [0.1, 0.15) is 5.75 Å². The second kappa shape index (κ2) is 8.22. The number of anilines is 1. The summed E-state index contributed by atoms with van der Waals surface area (Å²) in [5.74, 6) is 0.838. The summed E-state index contributed by atoms with van der Waals surface area (Å²) in [4.78, 5) is 17.0. The number of hydrogen-bond donors (Lipinski definition) is 0. The minimum absolute atomic E-state index is 0.0410. The maximum Gasteiger partial charge on any atom is 0.263 e. The van der Waals surface area contributed by atoms with Gasteiger partial charge in [-0.3, -0.25) is 4.79 Å². The molecule has 3 rings (SSSR count). The predicted molar refractivity (Wildman–Crippen MR) is 111 cm³/mol. The van der Waals surface area contributed by atoms with Crippen molar-refractivity contribution in [2.45, 2.75) is 33.8 Å². The first-order valence-corrected chi connectivity index (χ1v) is 9.77. The van der Waals surface area contributed by atoms with E-state index in [9.17, 15) is 4.79 Å². The van der Waals surface area contributed by atoms with Crippen molar-refractivity contribution in [3.05, 3.63) is 58.1 Å². The largest absolute Gasteiger partial charge is 0.481 e. The van der Waals surface area contributed by atoms with Crippen LogP contribution in [0.25, 0.3) is 0 Å². The zero-order valence-electron chi connectivity index (χ0n) is 16.5. The van der Waals surface area contributed by atoms with Crippen molar-refractivity contribution in [3.8, 4) is 5.75 Å². The Bertz CT molecular complexity index is 829. The van der Waals surface area contributed by atoms with Gasteiger partial charge >= 0.3 is 0 Å². The lowest BCUT2D eigenvalue weighted by molar-refractivity contribution is -0.138. The van der Waals surface area contributed by atoms with Gasteiger partial charge in [0.2, 0.25) is 0 Å². The van der Waals surface area contributed by atoms with Crippen LogP contribution in [0.2, 0.25) is 5.02 Å². The Balaban J connectivity index is 1.60. The summed E-state index contributed by atoms with van der Waals surface area (Å²) in [5.41, 5.74) is 4.51. The molecule has 1 aliphatic rings. The Kier molecular flexibility index (Phi) is 5.95. The molecule has 2 aromatic carbocycles. The molecule has 1 saturated heterocycles. The van der Waals surface area contributed by atoms with Crippen LogP contribution in [-0.4, -0.2) is 43.1 Å². The fourth-order valence-electron chi connectivity index (χ4n) is 3.48. The van der Waals surface area contributed by atoms with Gasteiger partial charge in [-0.2, -0.15) is 0 Å². The second-order valence-electron chi connectivity index (χ2n) is 7.26. The summed E-state index contributed by atoms with van der Waals surface area (Å²) in [6, 6.07) is 12.0. The lowest BCUT2D eigenvalue weighted by Crippen LogP contribution is -2.52. The fraction of sp³-hybridized carbons (Fsp3) is 0.409. The molecule has 4 nitrogen and oxygen atoms in total. The van der Waals surface area contributed by atoms with E-state index in [4.69, 9.17) is 16.3 Å². The highest BCUT2D eigenvalue weighted by atomic mass is 35.5. The maximum absolute atomic E-state index is 12.8. The normalized spacial score (nSPS) is 15.6. The van der Waals surface area contributed by atoms with Gasteiger partial charge in [-0.15, -0.1) is 0 Å². The number of carbonyl (C=O) groups is 1. The van der Waals surface area contributed by atoms with Crippen LogP contribution in [0, 0.1) is 20.8 Å². The van der Waals surface area contributed by atoms with Crippen LogP contribution in [0.5, 0.6) is 5.75 Å². The van der Waals surface area contributed by atoms with Crippen LogP contribution in [0.1, 0.15) is 23.6 Å². The van der Waals surface area contributed by atoms with E-state index in [0.29, 0.717) is 13.1 Å². The highest BCUT2D eigenvalue weighted by Gasteiger charge is 2.26. The summed E-state index contributed by atoms with van der Waals surface area (Å²) < 4.78 is 6.03. The van der Waals surface area contributed by atoms with Crippen LogP contribution in [0.4, 0.5) is 5.69 Å². The average Bonchev–Trinajstić information content (AvgIpc) is 2.65. The first-order chi connectivity index (χ1) is 12.8. The molecule has 1 amide bonds. The number of benzene rings is 2. The predicted octanol–water partition coefficient (Wildman–Crippen LogP) is 4.38. The summed E-state index contributed by atoms with van der Waals surface area (Å²) in [6.45, 7) is 10.9. The molecule has 0 aliphatic carbocycles. The highest BCUT2D eigenvalue weighted by molar-refractivity contribution is 6.30. The zero-order chi connectivity index (χ0) is 19.6. The number of rotatable bonds is 4. The summed E-state index contributed by atoms with van der Waals surface area (Å²) in [5, 5.41) is 0.733. The van der Waals surface area contributed by atoms with Crippen LogP contribution >= 0.6 is 11.6 Å². The number of ether oxygens (including phenoxy) is 1. The molecule has 0 spiro atoms. The van der Waals surface area contributed by atoms with Gasteiger partial charge in [0, 0.05) is 36.9 Å². The number of amides is 1. The van der Waals surface area contributed by atoms with E-state index in [1.54, 1.807) is 0 Å². The molecule has 1 heterocycles. The molecular formula is C22H27ClN2O2. The third-order valence-electron chi connectivity index (χ3n) is 5.18. The van der Waals surface area contributed by atoms with Crippen LogP contribution < -0.4 is 9.64 Å². The molecule has 0 aromatic heterocycles. The van der Waals surface area contributed by atoms with Crippen LogP contribution in [-0.2, 0) is 4.79 Å². The number of nitrogens with zero attached hydrogens (tertiary/aromatic N) is 2. The van der Waals surface area contributed by atoms with Gasteiger partial charge in [0.05, 0.1) is 0 Å². The van der Waals surface area contributed by atoms with E-state index in [1.165, 1.54) is 5.56 Å². The van der Waals surface area contributed by atoms with E-state index in [2.05, 4.69) is 24.0 Å². The molecule has 5 heteroatoms. The monoisotopic (exact) mass is 386 g/mol. The van der Waals surface area contributed by atoms with Crippen molar-refractivity contribution in [3.63, 3.8) is 0 Å². The fourth-order valence-corrected chi connectivity index (χ4v) is 3.66. The van der Waals surface area contributed by atoms with E-state index in [0.717, 1.165) is 40.7 Å². The molecule has 0 bridgehead atoms. The minimum Gasteiger partial charge on any atom is -0.481 e. The van der Waals surface area contributed by atoms with E-state index >= 15 is 0 Å². The molecule has 0 saturated carbocycles. The van der Waals surface area contributed by atoms with Crippen molar-refractivity contribution >= 4 is 23.2 Å². The van der Waals surface area contributed by atoms with Gasteiger partial charge < -0.3 is 14.5 Å². The van der Waals surface area contributed by atoms with Gasteiger partial charge in [-0.05, 0) is 68.7 Å². The zero-order valence-corrected chi connectivity index (χ0v) is 17.2. The molecular weight excluding hydrogens is 360 g/mol. The standard InChI is InChI=1S/C22H27ClN2O2/c1-15-12-16(2)17(3)21(13-15)27-18(4)22(26)25-10-8-24(9-11-25)20-7-5-6-19(23)14-20/h5-7,12-14,18H,8-11H2,1-4H3. The Morgan fingerprint density at radius 1 is 1.07 bits per heavy atom. The first-order valence-electron chi connectivity index (χ1n) is 9.39. The number of halogens is 1. The number of aryl methyl sites for hydroxylation is 2. The number of hydrogen-bond acceptors (Lipinski definition) is 3. The molecule has 1 aliphatic heterocycles. The van der Waals surface area contributed by atoms with E-state index < -0.39 is 6.10 Å². The van der Waals surface area contributed by atoms with Crippen molar-refractivity contribution in [1.29, 1.82) is 0 Å². The average molecular weight is 387 g/mol. The van der Waals surface area contributed by atoms with Crippen molar-refractivity contribution in [1.82, 2.24) is 4.90 Å². The summed E-state index contributed by atoms with van der Waals surface area (Å²) in [7, 11) is 0. The SMILES string of the molecule is Cc1cc(C)c(C)c(OC(C)C(=O)N2CCN(c3cccc(Cl)c3)CC2)c1. The Morgan fingerprint density at radius 3 is 2.44 bits per heavy atom. The molecule has 144 valence electrons. The topological polar surface area (TPSA) is 32.8 Å². The van der Waals surface area contributed by atoms with Crippen LogP contribution in [0.3, 0.4) is 0 Å². The second-order valence-corrected chi connectivity index (χ2v) is 7.69. The van der Waals surface area contributed by atoms with E-state index in [-0.39, 0.29) is 5.91 Å². The number of piperazine rings is 1. The summed E-state index contributed by atoms with van der Waals surface area (Å²) in [6.07, 6.45) is -0.498. The number of carbonyl (C=O) groups excluding carboxylic acids is 1. The molecule has 27 heavy (non-hydrogen) atoms. The third-order valence-corrected chi connectivity index (χ3v) is 5.42. The quantitative estimate of drug-likeness (QED) is 0.781. The maximum atomic E-state index is 12.8. The van der Waals surface area contributed by atoms with Crippen molar-refractivity contribution in [2.24, 2.45) is 0 Å². The molecule has 0 N–H and O–H groups in total. The Hall–Kier alpha value is -2.20. The van der Waals surface area contributed by atoms with Gasteiger partial charge in [-0.25, -0.2) is 0 Å². The highest BCUT2D eigenvalue weighted by Crippen LogP contribution is 2.25. The molecule has 1 fully saturated rings. The molecule has 2 aromatic rings. The van der Waals surface area contributed by atoms with Gasteiger partial charge in [0.25, 0.3) is 5.91 Å².